The second kappa shape index (κ2) is 6.61. The molecular weight excluding hydrogens is 266 g/mol. The molecule has 1 aliphatic rings. The Bertz CT molecular complexity index is 591. The molecule has 110 valence electrons. The zero-order chi connectivity index (χ0) is 14.5. The van der Waals surface area contributed by atoms with Crippen molar-refractivity contribution in [2.75, 3.05) is 19.6 Å². The lowest BCUT2D eigenvalue weighted by Gasteiger charge is -2.25. The van der Waals surface area contributed by atoms with E-state index >= 15 is 0 Å². The van der Waals surface area contributed by atoms with Crippen LogP contribution in [0.1, 0.15) is 36.2 Å². The lowest BCUT2D eigenvalue weighted by atomic mass is 10.2. The molecule has 0 spiro atoms. The zero-order valence-corrected chi connectivity index (χ0v) is 11.9. The van der Waals surface area contributed by atoms with Crippen LogP contribution in [0.25, 0.3) is 0 Å². The highest BCUT2D eigenvalue weighted by molar-refractivity contribution is 5.19. The summed E-state index contributed by atoms with van der Waals surface area (Å²) in [6, 6.07) is 9.75. The largest absolute Gasteiger partial charge is 0.468 e. The molecule has 0 aromatic carbocycles. The van der Waals surface area contributed by atoms with Crippen LogP contribution in [0.3, 0.4) is 0 Å². The van der Waals surface area contributed by atoms with E-state index in [-0.39, 0.29) is 6.04 Å². The Morgan fingerprint density at radius 3 is 2.81 bits per heavy atom. The molecular formula is C16H19N3O2. The Kier molecular flexibility index (Phi) is 4.39. The number of rotatable bonds is 6. The fourth-order valence-electron chi connectivity index (χ4n) is 2.81. The maximum absolute atomic E-state index is 8.75. The van der Waals surface area contributed by atoms with Gasteiger partial charge in [0.25, 0.3) is 0 Å². The first kappa shape index (κ1) is 13.9. The van der Waals surface area contributed by atoms with Gasteiger partial charge >= 0.3 is 0 Å². The van der Waals surface area contributed by atoms with Gasteiger partial charge in [-0.05, 0) is 50.2 Å². The second-order valence-electron chi connectivity index (χ2n) is 5.28. The summed E-state index contributed by atoms with van der Waals surface area (Å²) in [6.45, 7) is 3.65. The maximum atomic E-state index is 8.75. The predicted octanol–water partition coefficient (Wildman–Crippen LogP) is 2.67. The minimum atomic E-state index is 0.257. The van der Waals surface area contributed by atoms with Crippen LogP contribution in [-0.2, 0) is 6.54 Å². The number of likely N-dealkylation sites (tertiary alicyclic amines) is 1. The van der Waals surface area contributed by atoms with Gasteiger partial charge in [-0.25, -0.2) is 0 Å². The number of nitrogens with zero attached hydrogens (tertiary/aromatic N) is 2. The van der Waals surface area contributed by atoms with E-state index in [2.05, 4.69) is 10.2 Å². The number of nitriles is 1. The van der Waals surface area contributed by atoms with E-state index in [0.717, 1.165) is 31.2 Å². The number of hydrogen-bond acceptors (Lipinski definition) is 5. The van der Waals surface area contributed by atoms with E-state index in [1.807, 2.05) is 24.3 Å². The van der Waals surface area contributed by atoms with Crippen LogP contribution in [0, 0.1) is 11.3 Å². The molecule has 0 radical (unpaired) electrons. The molecule has 0 aliphatic carbocycles. The van der Waals surface area contributed by atoms with Crippen molar-refractivity contribution in [1.29, 1.82) is 5.26 Å². The molecule has 2 aromatic heterocycles. The molecule has 3 rings (SSSR count). The summed E-state index contributed by atoms with van der Waals surface area (Å²) in [5, 5.41) is 12.1. The average Bonchev–Trinajstić information content (AvgIpc) is 3.24. The summed E-state index contributed by atoms with van der Waals surface area (Å²) in [5.41, 5.74) is 0. The Hall–Kier alpha value is -2.03. The second-order valence-corrected chi connectivity index (χ2v) is 5.28. The van der Waals surface area contributed by atoms with Gasteiger partial charge in [-0.3, -0.25) is 4.90 Å². The summed E-state index contributed by atoms with van der Waals surface area (Å²) in [5.74, 6) is 2.14. The van der Waals surface area contributed by atoms with Crippen molar-refractivity contribution in [2.45, 2.75) is 25.4 Å². The third-order valence-corrected chi connectivity index (χ3v) is 3.86. The van der Waals surface area contributed by atoms with Crippen LogP contribution in [0.5, 0.6) is 0 Å². The fraction of sp³-hybridized carbons (Fsp3) is 0.438. The molecule has 21 heavy (non-hydrogen) atoms. The molecule has 1 atom stereocenters. The number of nitrogens with one attached hydrogen (secondary N) is 1. The molecule has 5 nitrogen and oxygen atoms in total. The van der Waals surface area contributed by atoms with Crippen molar-refractivity contribution in [3.05, 3.63) is 47.8 Å². The van der Waals surface area contributed by atoms with Crippen LogP contribution < -0.4 is 5.32 Å². The van der Waals surface area contributed by atoms with E-state index in [1.54, 1.807) is 12.3 Å². The molecule has 0 bridgehead atoms. The standard InChI is InChI=1S/C16H19N3O2/c17-10-13-5-6-14(21-13)11-18-12-15(16-4-3-9-20-16)19-7-1-2-8-19/h3-6,9,15,18H,1-2,7-8,11-12H2. The van der Waals surface area contributed by atoms with Gasteiger partial charge in [-0.2, -0.15) is 5.26 Å². The minimum Gasteiger partial charge on any atom is -0.468 e. The van der Waals surface area contributed by atoms with Gasteiger partial charge in [-0.1, -0.05) is 0 Å². The highest BCUT2D eigenvalue weighted by Gasteiger charge is 2.25. The van der Waals surface area contributed by atoms with Crippen molar-refractivity contribution < 1.29 is 8.83 Å². The summed E-state index contributed by atoms with van der Waals surface area (Å²) in [4.78, 5) is 2.45. The van der Waals surface area contributed by atoms with Crippen LogP contribution in [0.15, 0.2) is 39.4 Å². The Morgan fingerprint density at radius 2 is 2.14 bits per heavy atom. The lowest BCUT2D eigenvalue weighted by molar-refractivity contribution is 0.208. The summed E-state index contributed by atoms with van der Waals surface area (Å²) in [7, 11) is 0. The van der Waals surface area contributed by atoms with Gasteiger partial charge in [0.2, 0.25) is 5.76 Å². The summed E-state index contributed by atoms with van der Waals surface area (Å²) >= 11 is 0. The van der Waals surface area contributed by atoms with Gasteiger partial charge in [0, 0.05) is 6.54 Å². The zero-order valence-electron chi connectivity index (χ0n) is 11.9. The molecule has 5 heteroatoms. The molecule has 1 aliphatic heterocycles. The number of furan rings is 2. The van der Waals surface area contributed by atoms with Crippen molar-refractivity contribution in [3.63, 3.8) is 0 Å². The van der Waals surface area contributed by atoms with Crippen LogP contribution in [-0.4, -0.2) is 24.5 Å². The first-order valence-corrected chi connectivity index (χ1v) is 7.34. The molecule has 1 unspecified atom stereocenters. The smallest absolute Gasteiger partial charge is 0.203 e. The predicted molar refractivity (Wildman–Crippen MR) is 77.4 cm³/mol. The van der Waals surface area contributed by atoms with Crippen LogP contribution >= 0.6 is 0 Å². The van der Waals surface area contributed by atoms with Crippen molar-refractivity contribution in [2.24, 2.45) is 0 Å². The number of hydrogen-bond donors (Lipinski definition) is 1. The molecule has 1 saturated heterocycles. The first-order valence-electron chi connectivity index (χ1n) is 7.34. The Morgan fingerprint density at radius 1 is 1.29 bits per heavy atom. The van der Waals surface area contributed by atoms with Crippen LogP contribution in [0.4, 0.5) is 0 Å². The fourth-order valence-corrected chi connectivity index (χ4v) is 2.81. The topological polar surface area (TPSA) is 65.3 Å². The SMILES string of the molecule is N#Cc1ccc(CNCC(c2ccco2)N2CCCC2)o1. The maximum Gasteiger partial charge on any atom is 0.203 e. The molecule has 2 aromatic rings. The Labute approximate surface area is 124 Å². The highest BCUT2D eigenvalue weighted by atomic mass is 16.3. The molecule has 1 N–H and O–H groups in total. The van der Waals surface area contributed by atoms with Gasteiger partial charge in [0.05, 0.1) is 18.8 Å². The van der Waals surface area contributed by atoms with Crippen molar-refractivity contribution in [3.8, 4) is 6.07 Å². The molecule has 0 amide bonds. The van der Waals surface area contributed by atoms with E-state index in [4.69, 9.17) is 14.1 Å². The van der Waals surface area contributed by atoms with Crippen molar-refractivity contribution >= 4 is 0 Å². The third-order valence-electron chi connectivity index (χ3n) is 3.86. The quantitative estimate of drug-likeness (QED) is 0.884. The molecule has 0 saturated carbocycles. The third kappa shape index (κ3) is 3.35. The summed E-state index contributed by atoms with van der Waals surface area (Å²) < 4.78 is 11.0. The first-order chi connectivity index (χ1) is 10.4. The molecule has 1 fully saturated rings. The normalized spacial score (nSPS) is 16.9. The van der Waals surface area contributed by atoms with Gasteiger partial charge in [0.1, 0.15) is 17.6 Å². The van der Waals surface area contributed by atoms with E-state index in [9.17, 15) is 0 Å². The van der Waals surface area contributed by atoms with E-state index < -0.39 is 0 Å². The summed E-state index contributed by atoms with van der Waals surface area (Å²) in [6.07, 6.45) is 4.23. The van der Waals surface area contributed by atoms with Gasteiger partial charge in [0.15, 0.2) is 0 Å². The average molecular weight is 285 g/mol. The Balaban J connectivity index is 1.58. The van der Waals surface area contributed by atoms with Gasteiger partial charge in [-0.15, -0.1) is 0 Å². The molecule has 3 heterocycles. The monoisotopic (exact) mass is 285 g/mol. The van der Waals surface area contributed by atoms with Gasteiger partial charge < -0.3 is 14.2 Å². The van der Waals surface area contributed by atoms with Crippen molar-refractivity contribution in [1.82, 2.24) is 10.2 Å². The van der Waals surface area contributed by atoms with Crippen LogP contribution in [0.2, 0.25) is 0 Å². The highest BCUT2D eigenvalue weighted by Crippen LogP contribution is 2.25. The minimum absolute atomic E-state index is 0.257. The van der Waals surface area contributed by atoms with E-state index in [0.29, 0.717) is 12.3 Å². The lowest BCUT2D eigenvalue weighted by Crippen LogP contribution is -2.33. The van der Waals surface area contributed by atoms with E-state index in [1.165, 1.54) is 12.8 Å².